The number of likely N-dealkylation sites (N-methyl/N-ethyl adjacent to an activating group) is 1. The molecule has 2 saturated heterocycles. The first-order chi connectivity index (χ1) is 10.4. The standard InChI is InChI=1S/C16H25N3O3/c1-11(2)13(20)18-9-6-12(10-18)19-14(21)16(7-4-5-8-16)17(3)15(19)22/h11-12H,4-10H2,1-3H3. The van der Waals surface area contributed by atoms with E-state index in [0.29, 0.717) is 19.5 Å². The summed E-state index contributed by atoms with van der Waals surface area (Å²) < 4.78 is 0. The Hall–Kier alpha value is -1.59. The molecule has 2 aliphatic heterocycles. The Morgan fingerprint density at radius 1 is 1.23 bits per heavy atom. The van der Waals surface area contributed by atoms with Crippen molar-refractivity contribution in [3.8, 4) is 0 Å². The van der Waals surface area contributed by atoms with Crippen LogP contribution in [0.2, 0.25) is 0 Å². The smallest absolute Gasteiger partial charge is 0.327 e. The topological polar surface area (TPSA) is 60.9 Å². The molecule has 122 valence electrons. The lowest BCUT2D eigenvalue weighted by Crippen LogP contribution is -2.47. The lowest BCUT2D eigenvalue weighted by atomic mass is 9.96. The largest absolute Gasteiger partial charge is 0.340 e. The molecule has 0 bridgehead atoms. The Bertz CT molecular complexity index is 511. The molecule has 0 aromatic heterocycles. The van der Waals surface area contributed by atoms with Gasteiger partial charge in [-0.15, -0.1) is 0 Å². The molecule has 3 rings (SSSR count). The summed E-state index contributed by atoms with van der Waals surface area (Å²) in [5.74, 6) is 0.0134. The van der Waals surface area contributed by atoms with Crippen molar-refractivity contribution in [3.63, 3.8) is 0 Å². The second-order valence-electron chi connectivity index (χ2n) is 7.14. The Morgan fingerprint density at radius 3 is 2.45 bits per heavy atom. The molecule has 1 saturated carbocycles. The van der Waals surface area contributed by atoms with Gasteiger partial charge < -0.3 is 9.80 Å². The summed E-state index contributed by atoms with van der Waals surface area (Å²) in [7, 11) is 1.75. The number of nitrogens with zero attached hydrogens (tertiary/aromatic N) is 3. The van der Waals surface area contributed by atoms with Gasteiger partial charge in [0.05, 0.1) is 6.04 Å². The molecule has 2 heterocycles. The van der Waals surface area contributed by atoms with Crippen molar-refractivity contribution in [1.82, 2.24) is 14.7 Å². The number of hydrogen-bond donors (Lipinski definition) is 0. The lowest BCUT2D eigenvalue weighted by molar-refractivity contribution is -0.136. The summed E-state index contributed by atoms with van der Waals surface area (Å²) in [5.41, 5.74) is -0.605. The average Bonchev–Trinajstić information content (AvgIpc) is 3.18. The number of carbonyl (C=O) groups excluding carboxylic acids is 3. The van der Waals surface area contributed by atoms with Crippen LogP contribution in [0.1, 0.15) is 46.0 Å². The molecule has 3 fully saturated rings. The fourth-order valence-corrected chi connectivity index (χ4v) is 4.15. The van der Waals surface area contributed by atoms with Gasteiger partial charge in [0, 0.05) is 26.1 Å². The van der Waals surface area contributed by atoms with E-state index in [1.807, 2.05) is 13.8 Å². The van der Waals surface area contributed by atoms with Gasteiger partial charge in [0.2, 0.25) is 5.91 Å². The van der Waals surface area contributed by atoms with E-state index in [2.05, 4.69) is 0 Å². The summed E-state index contributed by atoms with van der Waals surface area (Å²) >= 11 is 0. The van der Waals surface area contributed by atoms with E-state index in [9.17, 15) is 14.4 Å². The van der Waals surface area contributed by atoms with E-state index >= 15 is 0 Å². The lowest BCUT2D eigenvalue weighted by Gasteiger charge is -2.27. The summed E-state index contributed by atoms with van der Waals surface area (Å²) in [6, 6.07) is -0.346. The first-order valence-electron chi connectivity index (χ1n) is 8.29. The second kappa shape index (κ2) is 5.25. The van der Waals surface area contributed by atoms with Gasteiger partial charge in [-0.3, -0.25) is 14.5 Å². The van der Waals surface area contributed by atoms with Crippen LogP contribution in [0, 0.1) is 5.92 Å². The number of rotatable bonds is 2. The summed E-state index contributed by atoms with van der Waals surface area (Å²) in [6.07, 6.45) is 4.23. The minimum absolute atomic E-state index is 0.0404. The van der Waals surface area contributed by atoms with E-state index < -0.39 is 5.54 Å². The average molecular weight is 307 g/mol. The van der Waals surface area contributed by atoms with Crippen LogP contribution in [0.15, 0.2) is 0 Å². The number of urea groups is 1. The molecule has 1 aliphatic carbocycles. The van der Waals surface area contributed by atoms with Crippen LogP contribution in [0.4, 0.5) is 4.79 Å². The molecule has 4 amide bonds. The summed E-state index contributed by atoms with van der Waals surface area (Å²) in [4.78, 5) is 42.5. The molecule has 1 spiro atoms. The minimum Gasteiger partial charge on any atom is -0.340 e. The molecule has 1 atom stereocenters. The van der Waals surface area contributed by atoms with Crippen molar-refractivity contribution >= 4 is 17.8 Å². The van der Waals surface area contributed by atoms with E-state index in [1.165, 1.54) is 4.90 Å². The zero-order valence-corrected chi connectivity index (χ0v) is 13.7. The third-order valence-electron chi connectivity index (χ3n) is 5.52. The predicted molar refractivity (Wildman–Crippen MR) is 81.0 cm³/mol. The van der Waals surface area contributed by atoms with Crippen LogP contribution in [0.5, 0.6) is 0 Å². The molecule has 3 aliphatic rings. The molecule has 22 heavy (non-hydrogen) atoms. The number of carbonyl (C=O) groups is 3. The molecule has 6 heteroatoms. The van der Waals surface area contributed by atoms with Gasteiger partial charge in [0.1, 0.15) is 5.54 Å². The molecule has 0 aromatic carbocycles. The van der Waals surface area contributed by atoms with Gasteiger partial charge in [-0.1, -0.05) is 26.7 Å². The SMILES string of the molecule is CC(C)C(=O)N1CCC(N2C(=O)N(C)C3(CCCC3)C2=O)C1. The Balaban J connectivity index is 1.77. The van der Waals surface area contributed by atoms with Gasteiger partial charge in [-0.2, -0.15) is 0 Å². The zero-order chi connectivity index (χ0) is 16.1. The van der Waals surface area contributed by atoms with E-state index in [-0.39, 0.29) is 29.8 Å². The van der Waals surface area contributed by atoms with Gasteiger partial charge in [0.15, 0.2) is 0 Å². The van der Waals surface area contributed by atoms with Crippen molar-refractivity contribution in [2.24, 2.45) is 5.92 Å². The van der Waals surface area contributed by atoms with Crippen LogP contribution in [-0.4, -0.2) is 64.3 Å². The number of hydrogen-bond acceptors (Lipinski definition) is 3. The highest BCUT2D eigenvalue weighted by molar-refractivity contribution is 6.07. The minimum atomic E-state index is -0.605. The predicted octanol–water partition coefficient (Wildman–Crippen LogP) is 1.45. The van der Waals surface area contributed by atoms with Crippen LogP contribution in [0.25, 0.3) is 0 Å². The van der Waals surface area contributed by atoms with Gasteiger partial charge >= 0.3 is 6.03 Å². The van der Waals surface area contributed by atoms with Crippen LogP contribution >= 0.6 is 0 Å². The fourth-order valence-electron chi connectivity index (χ4n) is 4.15. The van der Waals surface area contributed by atoms with Crippen LogP contribution < -0.4 is 0 Å². The molecule has 1 unspecified atom stereocenters. The molecular formula is C16H25N3O3. The highest BCUT2D eigenvalue weighted by Crippen LogP contribution is 2.42. The number of imide groups is 1. The highest BCUT2D eigenvalue weighted by atomic mass is 16.2. The molecule has 0 N–H and O–H groups in total. The third-order valence-corrected chi connectivity index (χ3v) is 5.52. The fraction of sp³-hybridized carbons (Fsp3) is 0.812. The van der Waals surface area contributed by atoms with Gasteiger partial charge in [0.25, 0.3) is 5.91 Å². The highest BCUT2D eigenvalue weighted by Gasteiger charge is 2.58. The first-order valence-corrected chi connectivity index (χ1v) is 8.29. The van der Waals surface area contributed by atoms with Crippen molar-refractivity contribution < 1.29 is 14.4 Å². The van der Waals surface area contributed by atoms with E-state index in [1.54, 1.807) is 16.8 Å². The van der Waals surface area contributed by atoms with Crippen molar-refractivity contribution in [3.05, 3.63) is 0 Å². The number of amides is 4. The van der Waals surface area contributed by atoms with Crippen LogP contribution in [-0.2, 0) is 9.59 Å². The van der Waals surface area contributed by atoms with Gasteiger partial charge in [-0.25, -0.2) is 4.79 Å². The number of likely N-dealkylation sites (tertiary alicyclic amines) is 1. The van der Waals surface area contributed by atoms with Gasteiger partial charge in [-0.05, 0) is 19.3 Å². The maximum atomic E-state index is 12.9. The normalized spacial score (nSPS) is 27.8. The Kier molecular flexibility index (Phi) is 3.65. The second-order valence-corrected chi connectivity index (χ2v) is 7.14. The molecule has 6 nitrogen and oxygen atoms in total. The van der Waals surface area contributed by atoms with Crippen molar-refractivity contribution in [1.29, 1.82) is 0 Å². The van der Waals surface area contributed by atoms with Crippen LogP contribution in [0.3, 0.4) is 0 Å². The maximum absolute atomic E-state index is 12.9. The Morgan fingerprint density at radius 2 is 1.86 bits per heavy atom. The zero-order valence-electron chi connectivity index (χ0n) is 13.7. The molecule has 0 aromatic rings. The molecule has 0 radical (unpaired) electrons. The monoisotopic (exact) mass is 307 g/mol. The molecular weight excluding hydrogens is 282 g/mol. The summed E-state index contributed by atoms with van der Waals surface area (Å²) in [5, 5.41) is 0. The summed E-state index contributed by atoms with van der Waals surface area (Å²) in [6.45, 7) is 4.88. The first kappa shape index (κ1) is 15.3. The third kappa shape index (κ3) is 2.03. The van der Waals surface area contributed by atoms with E-state index in [4.69, 9.17) is 0 Å². The van der Waals surface area contributed by atoms with Crippen molar-refractivity contribution in [2.75, 3.05) is 20.1 Å². The van der Waals surface area contributed by atoms with Crippen molar-refractivity contribution in [2.45, 2.75) is 57.5 Å². The maximum Gasteiger partial charge on any atom is 0.327 e. The van der Waals surface area contributed by atoms with E-state index in [0.717, 1.165) is 25.7 Å². The quantitative estimate of drug-likeness (QED) is 0.726. The Labute approximate surface area is 131 Å².